The third-order valence-electron chi connectivity index (χ3n) is 2.83. The van der Waals surface area contributed by atoms with E-state index in [2.05, 4.69) is 63.4 Å². The van der Waals surface area contributed by atoms with Crippen LogP contribution in [0.15, 0.2) is 65.6 Å². The second-order valence-electron chi connectivity index (χ2n) is 4.13. The van der Waals surface area contributed by atoms with Gasteiger partial charge in [-0.25, -0.2) is 0 Å². The Labute approximate surface area is 111 Å². The molecule has 3 heteroatoms. The maximum atomic E-state index is 3.44. The van der Waals surface area contributed by atoms with Crippen LogP contribution in [0.2, 0.25) is 0 Å². The summed E-state index contributed by atoms with van der Waals surface area (Å²) in [5, 5.41) is 7.72. The van der Waals surface area contributed by atoms with Gasteiger partial charge in [0, 0.05) is 30.3 Å². The summed E-state index contributed by atoms with van der Waals surface area (Å²) in [6.07, 6.45) is 4.11. The van der Waals surface area contributed by atoms with Gasteiger partial charge in [0.2, 0.25) is 0 Å². The van der Waals surface area contributed by atoms with Gasteiger partial charge in [-0.05, 0) is 52.7 Å². The maximum Gasteiger partial charge on any atom is 0.0469 e. The van der Waals surface area contributed by atoms with Crippen LogP contribution in [0.3, 0.4) is 0 Å². The number of benzene rings is 1. The van der Waals surface area contributed by atoms with Crippen LogP contribution in [-0.2, 0) is 6.54 Å². The summed E-state index contributed by atoms with van der Waals surface area (Å²) in [5.41, 5.74) is 3.65. The van der Waals surface area contributed by atoms with Crippen LogP contribution in [0.5, 0.6) is 0 Å². The molecule has 0 fully saturated rings. The van der Waals surface area contributed by atoms with Crippen molar-refractivity contribution in [3.8, 4) is 5.69 Å². The summed E-state index contributed by atoms with van der Waals surface area (Å²) in [6, 6.07) is 14.6. The number of rotatable bonds is 4. The molecule has 18 heavy (non-hydrogen) atoms. The predicted molar refractivity (Wildman–Crippen MR) is 77.4 cm³/mol. The minimum Gasteiger partial charge on any atom is -0.381 e. The molecule has 0 atom stereocenters. The molecule has 0 bridgehead atoms. The van der Waals surface area contributed by atoms with Gasteiger partial charge in [0.15, 0.2) is 0 Å². The first kappa shape index (κ1) is 11.1. The highest BCUT2D eigenvalue weighted by molar-refractivity contribution is 7.07. The standard InChI is InChI=1S/C15H14N2S/c1-2-8-17(7-1)15-5-3-4-14(10-15)16-11-13-6-9-18-12-13/h1-10,12,16H,11H2. The molecule has 2 aromatic heterocycles. The fraction of sp³-hybridized carbons (Fsp3) is 0.0667. The Balaban J connectivity index is 1.75. The average molecular weight is 254 g/mol. The molecule has 0 saturated carbocycles. The molecule has 0 aliphatic rings. The molecule has 0 aliphatic carbocycles. The fourth-order valence-electron chi connectivity index (χ4n) is 1.88. The summed E-state index contributed by atoms with van der Waals surface area (Å²) in [7, 11) is 0. The maximum absolute atomic E-state index is 3.44. The quantitative estimate of drug-likeness (QED) is 0.740. The van der Waals surface area contributed by atoms with Crippen LogP contribution in [0, 0.1) is 0 Å². The molecule has 1 N–H and O–H groups in total. The molecule has 2 nitrogen and oxygen atoms in total. The molecule has 0 radical (unpaired) electrons. The van der Waals surface area contributed by atoms with E-state index in [1.54, 1.807) is 11.3 Å². The number of nitrogens with zero attached hydrogens (tertiary/aromatic N) is 1. The number of thiophene rings is 1. The van der Waals surface area contributed by atoms with E-state index in [9.17, 15) is 0 Å². The van der Waals surface area contributed by atoms with Gasteiger partial charge in [-0.3, -0.25) is 0 Å². The largest absolute Gasteiger partial charge is 0.381 e. The van der Waals surface area contributed by atoms with Crippen LogP contribution < -0.4 is 5.32 Å². The van der Waals surface area contributed by atoms with Gasteiger partial charge in [0.05, 0.1) is 0 Å². The van der Waals surface area contributed by atoms with Crippen molar-refractivity contribution in [3.05, 3.63) is 71.2 Å². The second-order valence-corrected chi connectivity index (χ2v) is 4.91. The average Bonchev–Trinajstić information content (AvgIpc) is 3.10. The highest BCUT2D eigenvalue weighted by Gasteiger charge is 1.98. The Morgan fingerprint density at radius 2 is 1.94 bits per heavy atom. The number of aromatic nitrogens is 1. The fourth-order valence-corrected chi connectivity index (χ4v) is 2.55. The van der Waals surface area contributed by atoms with Crippen LogP contribution >= 0.6 is 11.3 Å². The summed E-state index contributed by atoms with van der Waals surface area (Å²) < 4.78 is 2.11. The number of nitrogens with one attached hydrogen (secondary N) is 1. The van der Waals surface area contributed by atoms with Gasteiger partial charge in [0.25, 0.3) is 0 Å². The smallest absolute Gasteiger partial charge is 0.0469 e. The van der Waals surface area contributed by atoms with Crippen molar-refractivity contribution in [2.75, 3.05) is 5.32 Å². The number of anilines is 1. The highest BCUT2D eigenvalue weighted by atomic mass is 32.1. The zero-order valence-corrected chi connectivity index (χ0v) is 10.7. The van der Waals surface area contributed by atoms with Crippen molar-refractivity contribution in [2.24, 2.45) is 0 Å². The molecule has 0 aliphatic heterocycles. The van der Waals surface area contributed by atoms with Crippen LogP contribution in [0.25, 0.3) is 5.69 Å². The third-order valence-corrected chi connectivity index (χ3v) is 3.56. The predicted octanol–water partition coefficient (Wildman–Crippen LogP) is 4.15. The minimum absolute atomic E-state index is 0.874. The molecule has 0 amide bonds. The van der Waals surface area contributed by atoms with E-state index < -0.39 is 0 Å². The van der Waals surface area contributed by atoms with E-state index in [1.807, 2.05) is 12.1 Å². The lowest BCUT2D eigenvalue weighted by Crippen LogP contribution is -1.99. The zero-order chi connectivity index (χ0) is 12.2. The van der Waals surface area contributed by atoms with Crippen LogP contribution in [0.1, 0.15) is 5.56 Å². The lowest BCUT2D eigenvalue weighted by molar-refractivity contribution is 1.08. The van der Waals surface area contributed by atoms with E-state index in [-0.39, 0.29) is 0 Å². The molecular formula is C15H14N2S. The molecule has 3 aromatic rings. The normalized spacial score (nSPS) is 10.4. The van der Waals surface area contributed by atoms with Crippen molar-refractivity contribution in [1.29, 1.82) is 0 Å². The molecule has 0 saturated heterocycles. The molecule has 0 spiro atoms. The van der Waals surface area contributed by atoms with Gasteiger partial charge in [-0.2, -0.15) is 11.3 Å². The third kappa shape index (κ3) is 2.46. The van der Waals surface area contributed by atoms with Gasteiger partial charge in [0.1, 0.15) is 0 Å². The summed E-state index contributed by atoms with van der Waals surface area (Å²) in [5.74, 6) is 0. The van der Waals surface area contributed by atoms with E-state index in [1.165, 1.54) is 11.3 Å². The minimum atomic E-state index is 0.874. The molecule has 3 rings (SSSR count). The first-order chi connectivity index (χ1) is 8.92. The van der Waals surface area contributed by atoms with Crippen molar-refractivity contribution in [1.82, 2.24) is 4.57 Å². The summed E-state index contributed by atoms with van der Waals surface area (Å²) >= 11 is 1.73. The molecular weight excluding hydrogens is 240 g/mol. The topological polar surface area (TPSA) is 17.0 Å². The monoisotopic (exact) mass is 254 g/mol. The molecule has 90 valence electrons. The van der Waals surface area contributed by atoms with Gasteiger partial charge in [-0.1, -0.05) is 6.07 Å². The second kappa shape index (κ2) is 5.10. The Morgan fingerprint density at radius 1 is 1.06 bits per heavy atom. The zero-order valence-electron chi connectivity index (χ0n) is 9.91. The summed E-state index contributed by atoms with van der Waals surface area (Å²) in [4.78, 5) is 0. The Bertz CT molecular complexity index is 597. The highest BCUT2D eigenvalue weighted by Crippen LogP contribution is 2.16. The number of hydrogen-bond donors (Lipinski definition) is 1. The van der Waals surface area contributed by atoms with Crippen molar-refractivity contribution >= 4 is 17.0 Å². The summed E-state index contributed by atoms with van der Waals surface area (Å²) in [6.45, 7) is 0.874. The van der Waals surface area contributed by atoms with Gasteiger partial charge < -0.3 is 9.88 Å². The molecule has 0 unspecified atom stereocenters. The Hall–Kier alpha value is -2.00. The Kier molecular flexibility index (Phi) is 3.15. The van der Waals surface area contributed by atoms with E-state index in [0.717, 1.165) is 12.2 Å². The first-order valence-electron chi connectivity index (χ1n) is 5.90. The molecule has 1 aromatic carbocycles. The van der Waals surface area contributed by atoms with E-state index in [4.69, 9.17) is 0 Å². The first-order valence-corrected chi connectivity index (χ1v) is 6.84. The van der Waals surface area contributed by atoms with Crippen LogP contribution in [0.4, 0.5) is 5.69 Å². The lowest BCUT2D eigenvalue weighted by Gasteiger charge is -2.08. The van der Waals surface area contributed by atoms with Gasteiger partial charge in [-0.15, -0.1) is 0 Å². The molecule has 2 heterocycles. The van der Waals surface area contributed by atoms with Crippen molar-refractivity contribution in [2.45, 2.75) is 6.54 Å². The van der Waals surface area contributed by atoms with Gasteiger partial charge >= 0.3 is 0 Å². The van der Waals surface area contributed by atoms with Crippen LogP contribution in [-0.4, -0.2) is 4.57 Å². The van der Waals surface area contributed by atoms with Crippen molar-refractivity contribution < 1.29 is 0 Å². The number of hydrogen-bond acceptors (Lipinski definition) is 2. The lowest BCUT2D eigenvalue weighted by atomic mass is 10.2. The SMILES string of the molecule is c1cc(NCc2ccsc2)cc(-n2cccc2)c1. The van der Waals surface area contributed by atoms with E-state index >= 15 is 0 Å². The van der Waals surface area contributed by atoms with Crippen molar-refractivity contribution in [3.63, 3.8) is 0 Å². The van der Waals surface area contributed by atoms with E-state index in [0.29, 0.717) is 0 Å². The Morgan fingerprint density at radius 3 is 2.72 bits per heavy atom.